The van der Waals surface area contributed by atoms with Gasteiger partial charge in [-0.2, -0.15) is 5.10 Å². The molecule has 0 spiro atoms. The van der Waals surface area contributed by atoms with Crippen molar-refractivity contribution in [1.29, 1.82) is 0 Å². The first kappa shape index (κ1) is 21.0. The Bertz CT molecular complexity index is 2140. The van der Waals surface area contributed by atoms with Crippen molar-refractivity contribution >= 4 is 43.6 Å². The number of nitrogens with zero attached hydrogens (tertiary/aromatic N) is 5. The molecular formula is C33H23N5. The van der Waals surface area contributed by atoms with Gasteiger partial charge in [-0.05, 0) is 67.1 Å². The summed E-state index contributed by atoms with van der Waals surface area (Å²) in [5, 5.41) is 9.35. The number of aromatic nitrogens is 5. The lowest BCUT2D eigenvalue weighted by molar-refractivity contribution is 0.881. The minimum absolute atomic E-state index is 0.927. The topological polar surface area (TPSA) is 40.6 Å². The van der Waals surface area contributed by atoms with Crippen molar-refractivity contribution < 1.29 is 0 Å². The normalized spacial score (nSPS) is 11.8. The van der Waals surface area contributed by atoms with Gasteiger partial charge in [0, 0.05) is 45.8 Å². The zero-order valence-corrected chi connectivity index (χ0v) is 20.8. The summed E-state index contributed by atoms with van der Waals surface area (Å²) in [6.07, 6.45) is 5.68. The molecule has 0 bridgehead atoms. The maximum atomic E-state index is 4.76. The van der Waals surface area contributed by atoms with Gasteiger partial charge in [0.25, 0.3) is 0 Å². The van der Waals surface area contributed by atoms with Crippen molar-refractivity contribution in [3.8, 4) is 17.2 Å². The Balaban J connectivity index is 1.47. The SMILES string of the molecule is Cc1ccnc(-n2c3ccccc3c3ccc(-n4c5ccccc5c5ccc(-n6cccn6)cc54)cc32)c1. The number of hydrogen-bond acceptors (Lipinski definition) is 2. The van der Waals surface area contributed by atoms with Gasteiger partial charge in [0.1, 0.15) is 5.82 Å². The van der Waals surface area contributed by atoms with Gasteiger partial charge in [-0.1, -0.05) is 48.5 Å². The van der Waals surface area contributed by atoms with Crippen LogP contribution in [-0.2, 0) is 0 Å². The minimum Gasteiger partial charge on any atom is -0.309 e. The molecule has 0 aliphatic carbocycles. The Kier molecular flexibility index (Phi) is 4.37. The first-order chi connectivity index (χ1) is 18.8. The Hall–Kier alpha value is -5.16. The summed E-state index contributed by atoms with van der Waals surface area (Å²) in [6.45, 7) is 2.11. The number of hydrogen-bond donors (Lipinski definition) is 0. The summed E-state index contributed by atoms with van der Waals surface area (Å²) in [5.74, 6) is 0.927. The Labute approximate surface area is 218 Å². The Morgan fingerprint density at radius 3 is 1.87 bits per heavy atom. The molecule has 5 heteroatoms. The van der Waals surface area contributed by atoms with E-state index in [0.717, 1.165) is 33.7 Å². The number of para-hydroxylation sites is 2. The van der Waals surface area contributed by atoms with Gasteiger partial charge in [-0.25, -0.2) is 9.67 Å². The fourth-order valence-electron chi connectivity index (χ4n) is 5.79. The minimum atomic E-state index is 0.927. The van der Waals surface area contributed by atoms with E-state index in [0.29, 0.717) is 0 Å². The van der Waals surface area contributed by atoms with E-state index in [4.69, 9.17) is 4.98 Å². The second-order valence-corrected chi connectivity index (χ2v) is 9.75. The second-order valence-electron chi connectivity index (χ2n) is 9.75. The number of rotatable bonds is 3. The third-order valence-electron chi connectivity index (χ3n) is 7.47. The van der Waals surface area contributed by atoms with E-state index in [1.54, 1.807) is 0 Å². The van der Waals surface area contributed by atoms with E-state index in [2.05, 4.69) is 112 Å². The smallest absolute Gasteiger partial charge is 0.137 e. The second kappa shape index (κ2) is 7.92. The summed E-state index contributed by atoms with van der Waals surface area (Å²) in [6, 6.07) is 36.7. The maximum absolute atomic E-state index is 4.76. The molecule has 0 unspecified atom stereocenters. The van der Waals surface area contributed by atoms with Gasteiger partial charge in [0.15, 0.2) is 0 Å². The van der Waals surface area contributed by atoms with Crippen LogP contribution in [-0.4, -0.2) is 23.9 Å². The lowest BCUT2D eigenvalue weighted by Gasteiger charge is -2.11. The monoisotopic (exact) mass is 489 g/mol. The van der Waals surface area contributed by atoms with Crippen LogP contribution in [0.1, 0.15) is 5.56 Å². The predicted octanol–water partition coefficient (Wildman–Crippen LogP) is 7.77. The summed E-state index contributed by atoms with van der Waals surface area (Å²) < 4.78 is 6.55. The van der Waals surface area contributed by atoms with Crippen molar-refractivity contribution in [3.63, 3.8) is 0 Å². The molecule has 8 rings (SSSR count). The predicted molar refractivity (Wildman–Crippen MR) is 155 cm³/mol. The Morgan fingerprint density at radius 2 is 1.16 bits per heavy atom. The Morgan fingerprint density at radius 1 is 0.526 bits per heavy atom. The average Bonchev–Trinajstić information content (AvgIpc) is 3.67. The summed E-state index contributed by atoms with van der Waals surface area (Å²) in [7, 11) is 0. The molecule has 0 N–H and O–H groups in total. The van der Waals surface area contributed by atoms with E-state index < -0.39 is 0 Å². The van der Waals surface area contributed by atoms with Crippen LogP contribution in [0.15, 0.2) is 122 Å². The molecule has 4 aromatic carbocycles. The number of fused-ring (bicyclic) bond motifs is 6. The number of pyridine rings is 1. The van der Waals surface area contributed by atoms with Crippen LogP contribution >= 0.6 is 0 Å². The quantitative estimate of drug-likeness (QED) is 0.254. The highest BCUT2D eigenvalue weighted by Crippen LogP contribution is 2.37. The van der Waals surface area contributed by atoms with Crippen LogP contribution in [0.25, 0.3) is 60.8 Å². The summed E-state index contributed by atoms with van der Waals surface area (Å²) in [5.41, 5.74) is 7.94. The molecule has 0 saturated heterocycles. The van der Waals surface area contributed by atoms with Gasteiger partial charge < -0.3 is 4.57 Å². The van der Waals surface area contributed by atoms with Crippen LogP contribution in [0, 0.1) is 6.92 Å². The van der Waals surface area contributed by atoms with Crippen LogP contribution in [0.2, 0.25) is 0 Å². The molecule has 38 heavy (non-hydrogen) atoms. The molecule has 0 aliphatic rings. The van der Waals surface area contributed by atoms with Gasteiger partial charge in [-0.3, -0.25) is 4.57 Å². The molecule has 0 aliphatic heterocycles. The molecule has 4 aromatic heterocycles. The van der Waals surface area contributed by atoms with Crippen LogP contribution in [0.3, 0.4) is 0 Å². The largest absolute Gasteiger partial charge is 0.309 e. The van der Waals surface area contributed by atoms with E-state index in [1.807, 2.05) is 35.4 Å². The van der Waals surface area contributed by atoms with Crippen LogP contribution in [0.4, 0.5) is 0 Å². The molecule has 0 radical (unpaired) electrons. The highest BCUT2D eigenvalue weighted by Gasteiger charge is 2.17. The zero-order valence-electron chi connectivity index (χ0n) is 20.8. The van der Waals surface area contributed by atoms with Gasteiger partial charge in [0.05, 0.1) is 27.8 Å². The van der Waals surface area contributed by atoms with Gasteiger partial charge in [0.2, 0.25) is 0 Å². The van der Waals surface area contributed by atoms with E-state index in [-0.39, 0.29) is 0 Å². The summed E-state index contributed by atoms with van der Waals surface area (Å²) in [4.78, 5) is 4.76. The van der Waals surface area contributed by atoms with Crippen molar-refractivity contribution in [1.82, 2.24) is 23.9 Å². The lowest BCUT2D eigenvalue weighted by atomic mass is 10.1. The third-order valence-corrected chi connectivity index (χ3v) is 7.47. The van der Waals surface area contributed by atoms with Crippen molar-refractivity contribution in [3.05, 3.63) is 127 Å². The molecule has 0 atom stereocenters. The van der Waals surface area contributed by atoms with Crippen molar-refractivity contribution in [2.75, 3.05) is 0 Å². The first-order valence-electron chi connectivity index (χ1n) is 12.8. The molecular weight excluding hydrogens is 466 g/mol. The number of benzene rings is 4. The van der Waals surface area contributed by atoms with E-state index in [9.17, 15) is 0 Å². The molecule has 4 heterocycles. The fraction of sp³-hybridized carbons (Fsp3) is 0.0303. The van der Waals surface area contributed by atoms with Crippen LogP contribution < -0.4 is 0 Å². The summed E-state index contributed by atoms with van der Waals surface area (Å²) >= 11 is 0. The van der Waals surface area contributed by atoms with Crippen LogP contribution in [0.5, 0.6) is 0 Å². The van der Waals surface area contributed by atoms with Gasteiger partial charge >= 0.3 is 0 Å². The highest BCUT2D eigenvalue weighted by atomic mass is 15.3. The van der Waals surface area contributed by atoms with Crippen molar-refractivity contribution in [2.24, 2.45) is 0 Å². The van der Waals surface area contributed by atoms with Crippen molar-refractivity contribution in [2.45, 2.75) is 6.92 Å². The third kappa shape index (κ3) is 2.99. The lowest BCUT2D eigenvalue weighted by Crippen LogP contribution is -1.99. The molecule has 8 aromatic rings. The molecule has 0 saturated carbocycles. The highest BCUT2D eigenvalue weighted by molar-refractivity contribution is 6.12. The van der Waals surface area contributed by atoms with E-state index in [1.165, 1.54) is 32.6 Å². The molecule has 180 valence electrons. The molecule has 0 amide bonds. The standard InChI is InChI=1S/C33H23N5/c1-22-15-17-34-33(19-22)38-30-10-5-3-8-26(30)28-14-12-24(21-32(28)38)37-29-9-4-2-7-25(29)27-13-11-23(20-31(27)37)36-18-6-16-35-36/h2-21H,1H3. The average molecular weight is 490 g/mol. The number of aryl methyl sites for hydroxylation is 1. The molecule has 5 nitrogen and oxygen atoms in total. The fourth-order valence-corrected chi connectivity index (χ4v) is 5.79. The van der Waals surface area contributed by atoms with Gasteiger partial charge in [-0.15, -0.1) is 0 Å². The first-order valence-corrected chi connectivity index (χ1v) is 12.8. The van der Waals surface area contributed by atoms with E-state index >= 15 is 0 Å². The maximum Gasteiger partial charge on any atom is 0.137 e. The zero-order chi connectivity index (χ0) is 25.2. The molecule has 0 fully saturated rings.